The number of aromatic nitrogens is 2. The van der Waals surface area contributed by atoms with Gasteiger partial charge >= 0.3 is 0 Å². The Morgan fingerprint density at radius 2 is 1.62 bits per heavy atom. The summed E-state index contributed by atoms with van der Waals surface area (Å²) in [6, 6.07) is 18.0. The third-order valence-corrected chi connectivity index (χ3v) is 6.79. The minimum Gasteiger partial charge on any atom is -0.451 e. The van der Waals surface area contributed by atoms with Gasteiger partial charge in [0.1, 0.15) is 22.6 Å². The lowest BCUT2D eigenvalue weighted by atomic mass is 9.82. The Morgan fingerprint density at radius 1 is 0.838 bits per heavy atom. The third kappa shape index (κ3) is 4.07. The van der Waals surface area contributed by atoms with Crippen molar-refractivity contribution in [2.24, 2.45) is 5.92 Å². The molecular formula is C34H34N2O. The van der Waals surface area contributed by atoms with Crippen molar-refractivity contribution in [3.8, 4) is 11.3 Å². The number of fused-ring (bicyclic) bond motifs is 6. The van der Waals surface area contributed by atoms with Crippen LogP contribution in [0.4, 0.5) is 0 Å². The molecule has 0 saturated heterocycles. The van der Waals surface area contributed by atoms with Gasteiger partial charge in [0.15, 0.2) is 5.58 Å². The topological polar surface area (TPSA) is 38.9 Å². The van der Waals surface area contributed by atoms with Crippen LogP contribution in [-0.4, -0.2) is 9.97 Å². The summed E-state index contributed by atoms with van der Waals surface area (Å²) in [5.41, 5.74) is 3.50. The molecule has 3 nitrogen and oxygen atoms in total. The molecule has 0 fully saturated rings. The van der Waals surface area contributed by atoms with Crippen molar-refractivity contribution < 1.29 is 15.4 Å². The van der Waals surface area contributed by atoms with Crippen molar-refractivity contribution in [2.75, 3.05) is 0 Å². The van der Waals surface area contributed by atoms with E-state index in [2.05, 4.69) is 9.97 Å². The maximum absolute atomic E-state index is 8.56. The van der Waals surface area contributed by atoms with Crippen LogP contribution in [0.1, 0.15) is 68.1 Å². The highest BCUT2D eigenvalue weighted by Gasteiger charge is 2.22. The summed E-state index contributed by atoms with van der Waals surface area (Å²) in [6.07, 6.45) is -1.52. The number of hydrogen-bond donors (Lipinski definition) is 0. The first-order valence-corrected chi connectivity index (χ1v) is 12.5. The Balaban J connectivity index is 1.67. The molecule has 0 aliphatic heterocycles. The van der Waals surface area contributed by atoms with Gasteiger partial charge in [-0.05, 0) is 76.9 Å². The van der Waals surface area contributed by atoms with Crippen LogP contribution >= 0.6 is 0 Å². The van der Waals surface area contributed by atoms with Gasteiger partial charge in [0.25, 0.3) is 0 Å². The number of aryl methyl sites for hydroxylation is 2. The quantitative estimate of drug-likeness (QED) is 0.246. The van der Waals surface area contributed by atoms with E-state index in [1.807, 2.05) is 71.0 Å². The van der Waals surface area contributed by atoms with Crippen molar-refractivity contribution in [3.63, 3.8) is 0 Å². The van der Waals surface area contributed by atoms with Gasteiger partial charge in [-0.1, -0.05) is 82.6 Å². The maximum Gasteiger partial charge on any atom is 0.180 e. The van der Waals surface area contributed by atoms with E-state index in [0.717, 1.165) is 27.1 Å². The summed E-state index contributed by atoms with van der Waals surface area (Å²) in [7, 11) is 0. The van der Waals surface area contributed by atoms with Crippen LogP contribution in [0.3, 0.4) is 0 Å². The minimum absolute atomic E-state index is 0.221. The van der Waals surface area contributed by atoms with Crippen molar-refractivity contribution in [1.29, 1.82) is 0 Å². The first-order chi connectivity index (χ1) is 20.8. The second-order valence-electron chi connectivity index (χ2n) is 11.1. The molecule has 0 atom stereocenters. The Morgan fingerprint density at radius 3 is 2.38 bits per heavy atom. The van der Waals surface area contributed by atoms with E-state index in [0.29, 0.717) is 38.9 Å². The van der Waals surface area contributed by atoms with Gasteiger partial charge in [0.05, 0.1) is 0 Å². The Kier molecular flexibility index (Phi) is 3.68. The molecule has 3 heteroatoms. The van der Waals surface area contributed by atoms with Crippen molar-refractivity contribution in [2.45, 2.75) is 60.1 Å². The van der Waals surface area contributed by atoms with Crippen LogP contribution in [0.2, 0.25) is 0 Å². The predicted octanol–water partition coefficient (Wildman–Crippen LogP) is 9.46. The highest BCUT2D eigenvalue weighted by atomic mass is 16.3. The van der Waals surface area contributed by atoms with Gasteiger partial charge in [-0.15, -0.1) is 0 Å². The zero-order valence-corrected chi connectivity index (χ0v) is 21.7. The molecule has 186 valence electrons. The van der Waals surface area contributed by atoms with Crippen LogP contribution in [0, 0.1) is 19.6 Å². The van der Waals surface area contributed by atoms with E-state index in [4.69, 9.17) is 15.4 Å². The largest absolute Gasteiger partial charge is 0.451 e. The van der Waals surface area contributed by atoms with E-state index in [9.17, 15) is 0 Å². The Bertz CT molecular complexity index is 2130. The molecule has 0 radical (unpaired) electrons. The number of furan rings is 1. The Labute approximate surface area is 229 Å². The molecule has 6 rings (SSSR count). The number of benzene rings is 4. The summed E-state index contributed by atoms with van der Waals surface area (Å²) in [6.45, 7) is 4.98. The van der Waals surface area contributed by atoms with Gasteiger partial charge in [-0.2, -0.15) is 0 Å². The molecule has 0 saturated carbocycles. The highest BCUT2D eigenvalue weighted by molar-refractivity contribution is 6.15. The predicted molar refractivity (Wildman–Crippen MR) is 156 cm³/mol. The van der Waals surface area contributed by atoms with Crippen molar-refractivity contribution >= 4 is 43.6 Å². The minimum atomic E-state index is -2.58. The number of hydrogen-bond acceptors (Lipinski definition) is 3. The van der Waals surface area contributed by atoms with E-state index in [1.54, 1.807) is 24.3 Å². The molecule has 6 aromatic rings. The first kappa shape index (κ1) is 16.2. The highest BCUT2D eigenvalue weighted by Crippen LogP contribution is 2.40. The molecule has 4 aromatic carbocycles. The Hall–Kier alpha value is -3.72. The van der Waals surface area contributed by atoms with Crippen LogP contribution in [0.25, 0.3) is 54.9 Å². The zero-order chi connectivity index (χ0) is 32.9. The fourth-order valence-corrected chi connectivity index (χ4v) is 5.16. The van der Waals surface area contributed by atoms with Crippen LogP contribution in [-0.2, 0) is 11.8 Å². The average molecular weight is 495 g/mol. The zero-order valence-electron chi connectivity index (χ0n) is 29.7. The summed E-state index contributed by atoms with van der Waals surface area (Å²) >= 11 is 0. The lowest BCUT2D eigenvalue weighted by molar-refractivity contribution is 0.596. The normalized spacial score (nSPS) is 16.8. The van der Waals surface area contributed by atoms with E-state index >= 15 is 0 Å². The molecule has 0 unspecified atom stereocenters. The first-order valence-electron chi connectivity index (χ1n) is 16.5. The number of nitrogens with zero attached hydrogens (tertiary/aromatic N) is 2. The summed E-state index contributed by atoms with van der Waals surface area (Å²) in [5, 5.41) is 3.77. The molecule has 37 heavy (non-hydrogen) atoms. The molecule has 2 aromatic heterocycles. The van der Waals surface area contributed by atoms with Gasteiger partial charge in [0.2, 0.25) is 0 Å². The fraction of sp³-hybridized carbons (Fsp3) is 0.294. The summed E-state index contributed by atoms with van der Waals surface area (Å²) in [5.74, 6) is -0.524. The van der Waals surface area contributed by atoms with Crippen molar-refractivity contribution in [1.82, 2.24) is 9.97 Å². The molecule has 2 heterocycles. The molecule has 0 aliphatic carbocycles. The molecule has 0 N–H and O–H groups in total. The van der Waals surface area contributed by atoms with Crippen LogP contribution < -0.4 is 0 Å². The second kappa shape index (κ2) is 8.41. The SMILES string of the molecule is [2H]C([2H])([2H])c1ccc2cc(-c3nc(C([2H])([2H])[2H])nc4c3oc3c5ccc(C([2H])([2H])C(C)C)cc5ccc43)cc(C(C)(C)C)c2c1. The second-order valence-corrected chi connectivity index (χ2v) is 11.1. The lowest BCUT2D eigenvalue weighted by Gasteiger charge is -2.23. The van der Waals surface area contributed by atoms with Crippen LogP contribution in [0.5, 0.6) is 0 Å². The maximum atomic E-state index is 8.56. The van der Waals surface area contributed by atoms with E-state index < -0.39 is 20.1 Å². The lowest BCUT2D eigenvalue weighted by Crippen LogP contribution is -2.12. The smallest absolute Gasteiger partial charge is 0.180 e. The average Bonchev–Trinajstić information content (AvgIpc) is 3.33. The monoisotopic (exact) mass is 494 g/mol. The number of rotatable bonds is 3. The van der Waals surface area contributed by atoms with E-state index in [1.165, 1.54) is 0 Å². The standard InChI is InChI=1S/C34H34N2O/c1-19(2)14-22-9-12-26-23(16-22)11-13-27-31-33(37-32(26)27)30(35-21(4)36-31)25-17-24-10-8-20(3)15-28(24)29(18-25)34(5,6)7/h8-13,15-19H,14H2,1-7H3/i3D3,4D3,14D2. The molecule has 0 aliphatic rings. The van der Waals surface area contributed by atoms with Gasteiger partial charge < -0.3 is 4.42 Å². The van der Waals surface area contributed by atoms with Gasteiger partial charge in [-0.3, -0.25) is 0 Å². The molecule has 0 spiro atoms. The van der Waals surface area contributed by atoms with Gasteiger partial charge in [-0.25, -0.2) is 9.97 Å². The van der Waals surface area contributed by atoms with Crippen molar-refractivity contribution in [3.05, 3.63) is 83.2 Å². The molecule has 0 bridgehead atoms. The summed E-state index contributed by atoms with van der Waals surface area (Å²) < 4.78 is 71.9. The van der Waals surface area contributed by atoms with Gasteiger partial charge in [0, 0.05) is 27.3 Å². The van der Waals surface area contributed by atoms with Crippen LogP contribution in [0.15, 0.2) is 65.1 Å². The molecular weight excluding hydrogens is 452 g/mol. The third-order valence-electron chi connectivity index (χ3n) is 6.79. The van der Waals surface area contributed by atoms with E-state index in [-0.39, 0.29) is 22.7 Å². The molecule has 0 amide bonds. The summed E-state index contributed by atoms with van der Waals surface area (Å²) in [4.78, 5) is 9.05. The fourth-order valence-electron chi connectivity index (χ4n) is 5.16.